The van der Waals surface area contributed by atoms with Crippen molar-refractivity contribution >= 4 is 27.7 Å². The van der Waals surface area contributed by atoms with Crippen LogP contribution in [-0.2, 0) is 6.54 Å². The Hall–Kier alpha value is -0.230. The Bertz CT molecular complexity index is 309. The lowest BCUT2D eigenvalue weighted by Gasteiger charge is -1.99. The van der Waals surface area contributed by atoms with Gasteiger partial charge >= 0.3 is 5.69 Å². The molecule has 4 nitrogen and oxygen atoms in total. The predicted molar refractivity (Wildman–Crippen MR) is 57.7 cm³/mol. The fraction of sp³-hybridized carbons (Fsp3) is 0.714. The number of halogens is 1. The molecule has 0 aliphatic heterocycles. The Morgan fingerprint density at radius 1 is 1.69 bits per heavy atom. The van der Waals surface area contributed by atoms with Gasteiger partial charge in [0, 0.05) is 17.6 Å². The number of nitrogens with one attached hydrogen (secondary N) is 1. The molecular weight excluding hydrogens is 254 g/mol. The summed E-state index contributed by atoms with van der Waals surface area (Å²) in [6, 6.07) is 0. The first-order valence-electron chi connectivity index (χ1n) is 4.13. The molecule has 0 saturated carbocycles. The number of aromatic amines is 1. The number of nitrogens with zero attached hydrogens (tertiary/aromatic N) is 2. The lowest BCUT2D eigenvalue weighted by Crippen LogP contribution is -2.16. The van der Waals surface area contributed by atoms with Crippen LogP contribution in [0, 0.1) is 0 Å². The van der Waals surface area contributed by atoms with Gasteiger partial charge in [0.15, 0.2) is 5.16 Å². The van der Waals surface area contributed by atoms with Crippen LogP contribution in [0.2, 0.25) is 0 Å². The second-order valence-corrected chi connectivity index (χ2v) is 4.30. The van der Waals surface area contributed by atoms with E-state index in [1.807, 2.05) is 6.92 Å². The lowest BCUT2D eigenvalue weighted by atomic mass is 10.6. The van der Waals surface area contributed by atoms with Gasteiger partial charge in [0.05, 0.1) is 0 Å². The fourth-order valence-electron chi connectivity index (χ4n) is 0.910. The number of rotatable bonds is 5. The fourth-order valence-corrected chi connectivity index (χ4v) is 2.51. The second kappa shape index (κ2) is 5.49. The zero-order chi connectivity index (χ0) is 9.68. The van der Waals surface area contributed by atoms with E-state index in [9.17, 15) is 4.79 Å². The van der Waals surface area contributed by atoms with E-state index in [0.717, 1.165) is 22.7 Å². The summed E-state index contributed by atoms with van der Waals surface area (Å²) in [7, 11) is 0. The number of thioether (sulfide) groups is 1. The van der Waals surface area contributed by atoms with Gasteiger partial charge in [0.25, 0.3) is 0 Å². The van der Waals surface area contributed by atoms with E-state index in [-0.39, 0.29) is 5.69 Å². The van der Waals surface area contributed by atoms with Crippen LogP contribution in [-0.4, -0.2) is 25.8 Å². The van der Waals surface area contributed by atoms with E-state index in [1.165, 1.54) is 0 Å². The van der Waals surface area contributed by atoms with Crippen LogP contribution in [0.25, 0.3) is 0 Å². The maximum Gasteiger partial charge on any atom is 0.343 e. The minimum atomic E-state index is -0.121. The molecule has 1 aromatic heterocycles. The topological polar surface area (TPSA) is 50.7 Å². The minimum Gasteiger partial charge on any atom is -0.270 e. The second-order valence-electron chi connectivity index (χ2n) is 2.45. The highest BCUT2D eigenvalue weighted by Gasteiger charge is 2.05. The molecule has 1 aromatic rings. The molecule has 1 heterocycles. The molecule has 0 fully saturated rings. The van der Waals surface area contributed by atoms with E-state index in [1.54, 1.807) is 16.3 Å². The third-order valence-electron chi connectivity index (χ3n) is 1.55. The summed E-state index contributed by atoms with van der Waals surface area (Å²) in [5, 5.41) is 8.14. The smallest absolute Gasteiger partial charge is 0.270 e. The van der Waals surface area contributed by atoms with E-state index < -0.39 is 0 Å². The molecule has 0 amide bonds. The van der Waals surface area contributed by atoms with E-state index in [4.69, 9.17) is 0 Å². The molecule has 0 radical (unpaired) electrons. The summed E-state index contributed by atoms with van der Waals surface area (Å²) in [4.78, 5) is 11.1. The van der Waals surface area contributed by atoms with Gasteiger partial charge < -0.3 is 0 Å². The lowest BCUT2D eigenvalue weighted by molar-refractivity contribution is 0.660. The van der Waals surface area contributed by atoms with Gasteiger partial charge in [-0.25, -0.2) is 9.89 Å². The molecule has 6 heteroatoms. The third kappa shape index (κ3) is 2.87. The first kappa shape index (κ1) is 10.8. The van der Waals surface area contributed by atoms with Gasteiger partial charge in [-0.3, -0.25) is 4.57 Å². The van der Waals surface area contributed by atoms with Crippen LogP contribution in [0.1, 0.15) is 13.3 Å². The van der Waals surface area contributed by atoms with Crippen molar-refractivity contribution in [2.24, 2.45) is 0 Å². The van der Waals surface area contributed by atoms with Crippen LogP contribution in [0.4, 0.5) is 0 Å². The summed E-state index contributed by atoms with van der Waals surface area (Å²) >= 11 is 4.96. The summed E-state index contributed by atoms with van der Waals surface area (Å²) in [5.74, 6) is 0.982. The molecule has 74 valence electrons. The normalized spacial score (nSPS) is 10.6. The Morgan fingerprint density at radius 3 is 3.08 bits per heavy atom. The largest absolute Gasteiger partial charge is 0.343 e. The average molecular weight is 266 g/mol. The Balaban J connectivity index is 2.60. The zero-order valence-electron chi connectivity index (χ0n) is 7.42. The van der Waals surface area contributed by atoms with Gasteiger partial charge in [-0.05, 0) is 13.3 Å². The summed E-state index contributed by atoms with van der Waals surface area (Å²) in [6.45, 7) is 2.61. The molecule has 1 N–H and O–H groups in total. The maximum atomic E-state index is 11.1. The van der Waals surface area contributed by atoms with Gasteiger partial charge in [-0.15, -0.1) is 5.10 Å². The molecule has 0 unspecified atom stereocenters. The molecule has 0 atom stereocenters. The van der Waals surface area contributed by atoms with Crippen LogP contribution >= 0.6 is 27.7 Å². The number of hydrogen-bond acceptors (Lipinski definition) is 3. The Labute approximate surface area is 89.2 Å². The van der Waals surface area contributed by atoms with Gasteiger partial charge in [-0.2, -0.15) is 0 Å². The maximum absolute atomic E-state index is 11.1. The molecule has 0 saturated heterocycles. The molecule has 0 spiro atoms. The van der Waals surface area contributed by atoms with Gasteiger partial charge in [0.2, 0.25) is 0 Å². The first-order valence-corrected chi connectivity index (χ1v) is 6.24. The monoisotopic (exact) mass is 265 g/mol. The summed E-state index contributed by atoms with van der Waals surface area (Å²) in [5.41, 5.74) is -0.121. The van der Waals surface area contributed by atoms with Crippen LogP contribution in [0.15, 0.2) is 9.95 Å². The van der Waals surface area contributed by atoms with Gasteiger partial charge in [-0.1, -0.05) is 27.7 Å². The summed E-state index contributed by atoms with van der Waals surface area (Å²) < 4.78 is 1.64. The SMILES string of the molecule is CCn1c(SCCCBr)n[nH]c1=O. The van der Waals surface area contributed by atoms with Crippen molar-refractivity contribution in [1.82, 2.24) is 14.8 Å². The van der Waals surface area contributed by atoms with E-state index in [0.29, 0.717) is 6.54 Å². The predicted octanol–water partition coefficient (Wildman–Crippen LogP) is 1.47. The average Bonchev–Trinajstić information content (AvgIpc) is 2.47. The van der Waals surface area contributed by atoms with Crippen LogP contribution < -0.4 is 5.69 Å². The van der Waals surface area contributed by atoms with Crippen molar-refractivity contribution in [3.63, 3.8) is 0 Å². The number of hydrogen-bond donors (Lipinski definition) is 1. The van der Waals surface area contributed by atoms with Crippen molar-refractivity contribution in [2.45, 2.75) is 25.0 Å². The Kier molecular flexibility index (Phi) is 4.58. The third-order valence-corrected chi connectivity index (χ3v) is 3.17. The Morgan fingerprint density at radius 2 is 2.46 bits per heavy atom. The highest BCUT2D eigenvalue weighted by atomic mass is 79.9. The minimum absolute atomic E-state index is 0.121. The molecule has 0 aromatic carbocycles. The molecule has 1 rings (SSSR count). The number of aromatic nitrogens is 3. The van der Waals surface area contributed by atoms with E-state index >= 15 is 0 Å². The van der Waals surface area contributed by atoms with Gasteiger partial charge in [0.1, 0.15) is 0 Å². The standard InChI is InChI=1S/C7H12BrN3OS/c1-2-11-6(12)9-10-7(11)13-5-3-4-8/h2-5H2,1H3,(H,9,12). The molecule has 0 aliphatic carbocycles. The van der Waals surface area contributed by atoms with Crippen LogP contribution in [0.5, 0.6) is 0 Å². The quantitative estimate of drug-likeness (QED) is 0.499. The van der Waals surface area contributed by atoms with E-state index in [2.05, 4.69) is 26.1 Å². The number of alkyl halides is 1. The first-order chi connectivity index (χ1) is 6.29. The molecule has 0 aliphatic rings. The highest BCUT2D eigenvalue weighted by molar-refractivity contribution is 9.09. The van der Waals surface area contributed by atoms with Crippen LogP contribution in [0.3, 0.4) is 0 Å². The highest BCUT2D eigenvalue weighted by Crippen LogP contribution is 2.14. The zero-order valence-corrected chi connectivity index (χ0v) is 9.82. The van der Waals surface area contributed by atoms with Crippen molar-refractivity contribution in [1.29, 1.82) is 0 Å². The van der Waals surface area contributed by atoms with Crippen molar-refractivity contribution < 1.29 is 0 Å². The summed E-state index contributed by atoms with van der Waals surface area (Å²) in [6.07, 6.45) is 1.08. The van der Waals surface area contributed by atoms with Crippen molar-refractivity contribution in [2.75, 3.05) is 11.1 Å². The molecule has 0 bridgehead atoms. The molecular formula is C7H12BrN3OS. The number of H-pyrrole nitrogens is 1. The van der Waals surface area contributed by atoms with Crippen molar-refractivity contribution in [3.8, 4) is 0 Å². The molecule has 13 heavy (non-hydrogen) atoms. The van der Waals surface area contributed by atoms with Crippen molar-refractivity contribution in [3.05, 3.63) is 10.5 Å².